The van der Waals surface area contributed by atoms with Crippen LogP contribution in [0.5, 0.6) is 11.6 Å². The summed E-state index contributed by atoms with van der Waals surface area (Å²) in [6.45, 7) is 1.78. The molecule has 8 rings (SSSR count). The Bertz CT molecular complexity index is 2150. The number of methoxy groups -OCH3 is 1. The van der Waals surface area contributed by atoms with Crippen molar-refractivity contribution in [2.24, 2.45) is 17.8 Å². The minimum atomic E-state index is -3.89. The van der Waals surface area contributed by atoms with Gasteiger partial charge in [0.05, 0.1) is 24.5 Å². The van der Waals surface area contributed by atoms with Gasteiger partial charge >= 0.3 is 6.09 Å². The van der Waals surface area contributed by atoms with Crippen LogP contribution in [0.25, 0.3) is 5.65 Å². The van der Waals surface area contributed by atoms with Crippen LogP contribution in [0.2, 0.25) is 0 Å². The summed E-state index contributed by atoms with van der Waals surface area (Å²) in [6, 6.07) is 1.15. The van der Waals surface area contributed by atoms with Crippen LogP contribution in [0, 0.1) is 17.8 Å². The fraction of sp³-hybridized carbons (Fsp3) is 0.659. The maximum atomic E-state index is 14.9. The highest BCUT2D eigenvalue weighted by atomic mass is 32.2. The van der Waals surface area contributed by atoms with Crippen LogP contribution in [0.3, 0.4) is 0 Å². The minimum Gasteiger partial charge on any atom is -0.497 e. The Kier molecular flexibility index (Phi) is 11.2. The first-order chi connectivity index (χ1) is 27.9. The van der Waals surface area contributed by atoms with Crippen molar-refractivity contribution in [1.29, 1.82) is 0 Å². The van der Waals surface area contributed by atoms with Crippen LogP contribution in [-0.2, 0) is 35.6 Å². The molecule has 17 heteroatoms. The van der Waals surface area contributed by atoms with E-state index >= 15 is 0 Å². The number of amides is 4. The largest absolute Gasteiger partial charge is 0.497 e. The summed E-state index contributed by atoms with van der Waals surface area (Å²) in [6.07, 6.45) is 12.8. The van der Waals surface area contributed by atoms with Gasteiger partial charge < -0.3 is 29.7 Å². The Morgan fingerprint density at radius 2 is 1.79 bits per heavy atom. The van der Waals surface area contributed by atoms with Gasteiger partial charge in [-0.25, -0.2) is 13.2 Å². The molecule has 16 nitrogen and oxygen atoms in total. The molecule has 58 heavy (non-hydrogen) atoms. The first kappa shape index (κ1) is 40.1. The molecule has 4 aliphatic carbocycles. The summed E-state index contributed by atoms with van der Waals surface area (Å²) in [5, 5.41) is 5.18. The molecule has 2 aromatic rings. The zero-order chi connectivity index (χ0) is 40.8. The SMILES string of the molecule is CC[C@@H]1C[C@]1(NC(=O)[C@@H]1C[C@@H]2CN1C(=O)[C@H](C1CCCC1)NC(=O)O[C@@H]1CCC[C@H]1CCC=CCc1c(nc3cc(OC)ccn3c1=O)O2)C(=O)NS(=O)(=O)C1CC1. The second-order valence-corrected chi connectivity index (χ2v) is 18.9. The van der Waals surface area contributed by atoms with Gasteiger partial charge in [-0.15, -0.1) is 0 Å². The highest BCUT2D eigenvalue weighted by Gasteiger charge is 2.62. The van der Waals surface area contributed by atoms with E-state index in [1.54, 1.807) is 18.3 Å². The van der Waals surface area contributed by atoms with Crippen molar-refractivity contribution >= 4 is 39.5 Å². The molecular weight excluding hydrogens is 769 g/mol. The molecule has 2 aromatic heterocycles. The van der Waals surface area contributed by atoms with E-state index in [9.17, 15) is 32.4 Å². The Morgan fingerprint density at radius 3 is 2.52 bits per heavy atom. The van der Waals surface area contributed by atoms with E-state index in [4.69, 9.17) is 19.2 Å². The van der Waals surface area contributed by atoms with E-state index in [1.165, 1.54) is 16.4 Å². The van der Waals surface area contributed by atoms with E-state index in [-0.39, 0.29) is 61.1 Å². The van der Waals surface area contributed by atoms with Crippen molar-refractivity contribution in [2.45, 2.75) is 138 Å². The van der Waals surface area contributed by atoms with Crippen LogP contribution in [0.4, 0.5) is 4.79 Å². The highest BCUT2D eigenvalue weighted by molar-refractivity contribution is 7.91. The third kappa shape index (κ3) is 8.02. The lowest BCUT2D eigenvalue weighted by Crippen LogP contribution is -2.59. The van der Waals surface area contributed by atoms with E-state index < -0.39 is 62.8 Å². The number of pyridine rings is 1. The fourth-order valence-electron chi connectivity index (χ4n) is 9.63. The zero-order valence-corrected chi connectivity index (χ0v) is 34.0. The first-order valence-electron chi connectivity index (χ1n) is 21.0. The molecule has 2 bridgehead atoms. The van der Waals surface area contributed by atoms with Crippen LogP contribution < -0.4 is 30.4 Å². The van der Waals surface area contributed by atoms with Crippen LogP contribution in [0.1, 0.15) is 102 Å². The molecule has 2 aliphatic heterocycles. The number of ether oxygens (including phenoxy) is 3. The average Bonchev–Trinajstić information content (AvgIpc) is 3.99. The second-order valence-electron chi connectivity index (χ2n) is 17.0. The number of allylic oxidation sites excluding steroid dienone is 2. The summed E-state index contributed by atoms with van der Waals surface area (Å²) < 4.78 is 47.3. The van der Waals surface area contributed by atoms with E-state index in [0.29, 0.717) is 55.5 Å². The fourth-order valence-corrected chi connectivity index (χ4v) is 11.0. The third-order valence-corrected chi connectivity index (χ3v) is 15.0. The van der Waals surface area contributed by atoms with E-state index in [1.807, 2.05) is 19.1 Å². The molecule has 4 saturated carbocycles. The lowest BCUT2D eigenvalue weighted by molar-refractivity contribution is -0.142. The molecule has 314 valence electrons. The number of rotatable bonds is 8. The van der Waals surface area contributed by atoms with Gasteiger partial charge in [-0.3, -0.25) is 28.3 Å². The summed E-state index contributed by atoms with van der Waals surface area (Å²) in [5.41, 5.74) is -1.20. The Balaban J connectivity index is 1.15. The van der Waals surface area contributed by atoms with E-state index in [2.05, 4.69) is 15.4 Å². The summed E-state index contributed by atoms with van der Waals surface area (Å²) in [4.78, 5) is 76.9. The van der Waals surface area contributed by atoms with Crippen LogP contribution in [0.15, 0.2) is 35.3 Å². The molecule has 0 aromatic carbocycles. The standard InChI is InChI=1S/C41H54N6O10S/c1-3-26-22-41(26,39(51)45-58(53,54)29-16-17-29)44-35(48)31-20-28-23-47(31)38(50)34(25-11-7-8-12-25)43-40(52)57-32-15-9-13-24(32)10-5-4-6-14-30-36(56-28)42-33-21-27(55-2)18-19-46(33)37(30)49/h4,6,18-19,21,24-26,28-29,31-32,34H,3,5,7-17,20,22-23H2,1-2H3,(H,43,52)(H,44,48)(H,45,51)/t24-,26-,28-,31+,32-,34+,41-/m1/s1. The minimum absolute atomic E-state index is 0.0214. The number of nitrogens with zero attached hydrogens (tertiary/aromatic N) is 3. The number of hydrogen-bond acceptors (Lipinski definition) is 11. The first-order valence-corrected chi connectivity index (χ1v) is 22.5. The lowest BCUT2D eigenvalue weighted by Gasteiger charge is -2.32. The predicted molar refractivity (Wildman–Crippen MR) is 210 cm³/mol. The van der Waals surface area contributed by atoms with Gasteiger partial charge in [0, 0.05) is 25.1 Å². The van der Waals surface area contributed by atoms with Crippen molar-refractivity contribution in [3.05, 3.63) is 46.4 Å². The van der Waals surface area contributed by atoms with Crippen molar-refractivity contribution in [2.75, 3.05) is 13.7 Å². The van der Waals surface area contributed by atoms with E-state index in [0.717, 1.165) is 38.5 Å². The molecule has 6 aliphatic rings. The smallest absolute Gasteiger partial charge is 0.408 e. The second kappa shape index (κ2) is 16.2. The number of hydrogen-bond donors (Lipinski definition) is 3. The average molecular weight is 823 g/mol. The molecule has 4 amide bonds. The molecule has 4 heterocycles. The molecule has 5 fully saturated rings. The van der Waals surface area contributed by atoms with Gasteiger partial charge in [0.2, 0.25) is 27.7 Å². The summed E-state index contributed by atoms with van der Waals surface area (Å²) in [5.74, 6) is -1.70. The van der Waals surface area contributed by atoms with Gasteiger partial charge in [0.25, 0.3) is 11.5 Å². The number of sulfonamides is 1. The monoisotopic (exact) mass is 822 g/mol. The molecule has 0 unspecified atom stereocenters. The maximum Gasteiger partial charge on any atom is 0.408 e. The Labute approximate surface area is 337 Å². The Morgan fingerprint density at radius 1 is 1.02 bits per heavy atom. The molecule has 3 N–H and O–H groups in total. The third-order valence-electron chi connectivity index (χ3n) is 13.2. The van der Waals surface area contributed by atoms with Gasteiger partial charge in [-0.2, -0.15) is 4.98 Å². The van der Waals surface area contributed by atoms with Gasteiger partial charge in [0.1, 0.15) is 41.2 Å². The van der Waals surface area contributed by atoms with Crippen molar-refractivity contribution in [3.8, 4) is 11.6 Å². The summed E-state index contributed by atoms with van der Waals surface area (Å²) >= 11 is 0. The molecule has 0 radical (unpaired) electrons. The van der Waals surface area contributed by atoms with Gasteiger partial charge in [-0.1, -0.05) is 38.3 Å². The predicted octanol–water partition coefficient (Wildman–Crippen LogP) is 3.29. The van der Waals surface area contributed by atoms with Crippen molar-refractivity contribution in [3.63, 3.8) is 0 Å². The number of alkyl carbamates (subject to hydrolysis) is 1. The topological polar surface area (TPSA) is 204 Å². The van der Waals surface area contributed by atoms with Crippen LogP contribution >= 0.6 is 0 Å². The summed E-state index contributed by atoms with van der Waals surface area (Å²) in [7, 11) is -2.38. The Hall–Kier alpha value is -4.67. The molecular formula is C41H54N6O10S. The number of nitrogens with one attached hydrogen (secondary N) is 3. The number of carbonyl (C=O) groups excluding carboxylic acids is 4. The number of carbonyl (C=O) groups is 4. The zero-order valence-electron chi connectivity index (χ0n) is 33.2. The maximum absolute atomic E-state index is 14.9. The molecule has 7 atom stereocenters. The quantitative estimate of drug-likeness (QED) is 0.330. The van der Waals surface area contributed by atoms with Gasteiger partial charge in [0.15, 0.2) is 0 Å². The van der Waals surface area contributed by atoms with Gasteiger partial charge in [-0.05, 0) is 88.0 Å². The van der Waals surface area contributed by atoms with Crippen molar-refractivity contribution < 1.29 is 41.8 Å². The molecule has 0 spiro atoms. The number of fused-ring (bicyclic) bond motifs is 5. The number of aromatic nitrogens is 2. The lowest BCUT2D eigenvalue weighted by atomic mass is 9.96. The van der Waals surface area contributed by atoms with Crippen LogP contribution in [-0.4, -0.2) is 95.3 Å². The normalized spacial score (nSPS) is 30.6. The molecule has 1 saturated heterocycles. The highest BCUT2D eigenvalue weighted by Crippen LogP contribution is 2.47. The van der Waals surface area contributed by atoms with Crippen molar-refractivity contribution in [1.82, 2.24) is 29.6 Å².